The van der Waals surface area contributed by atoms with E-state index in [0.717, 1.165) is 12.8 Å². The summed E-state index contributed by atoms with van der Waals surface area (Å²) in [6.07, 6.45) is 9.24. The summed E-state index contributed by atoms with van der Waals surface area (Å²) in [7, 11) is 0. The van der Waals surface area contributed by atoms with E-state index < -0.39 is 0 Å². The smallest absolute Gasteiger partial charge is 0.134 e. The van der Waals surface area contributed by atoms with Crippen molar-refractivity contribution in [2.45, 2.75) is 90.9 Å². The number of Topliss-reactive ketones (excluding diaryl/α,β-unsaturated/α-hetero) is 1. The lowest BCUT2D eigenvalue weighted by molar-refractivity contribution is -0.120. The molecule has 0 amide bonds. The Morgan fingerprint density at radius 2 is 1.10 bits per heavy atom. The Morgan fingerprint density at radius 1 is 0.700 bits per heavy atom. The van der Waals surface area contributed by atoms with E-state index >= 15 is 0 Å². The third-order valence-electron chi connectivity index (χ3n) is 8.25. The maximum atomic E-state index is 13.4. The van der Waals surface area contributed by atoms with E-state index in [1.165, 1.54) is 71.9 Å². The van der Waals surface area contributed by atoms with Gasteiger partial charge in [-0.05, 0) is 110 Å². The molecule has 2 aliphatic carbocycles. The van der Waals surface area contributed by atoms with E-state index in [-0.39, 0.29) is 0 Å². The lowest BCUT2D eigenvalue weighted by Gasteiger charge is -2.36. The van der Waals surface area contributed by atoms with E-state index in [0.29, 0.717) is 29.5 Å². The molecule has 160 valence electrons. The normalized spacial score (nSPS) is 19.1. The van der Waals surface area contributed by atoms with Gasteiger partial charge in [-0.25, -0.2) is 0 Å². The molecular weight excluding hydrogens is 364 g/mol. The van der Waals surface area contributed by atoms with Crippen LogP contribution in [0.2, 0.25) is 0 Å². The van der Waals surface area contributed by atoms with Gasteiger partial charge < -0.3 is 0 Å². The molecule has 0 N–H and O–H groups in total. The fourth-order valence-corrected chi connectivity index (χ4v) is 5.36. The van der Waals surface area contributed by atoms with Crippen molar-refractivity contribution < 1.29 is 4.79 Å². The molecule has 0 spiro atoms. The van der Waals surface area contributed by atoms with Crippen molar-refractivity contribution in [2.75, 3.05) is 0 Å². The number of hydrogen-bond acceptors (Lipinski definition) is 1. The third kappa shape index (κ3) is 4.56. The highest BCUT2D eigenvalue weighted by molar-refractivity contribution is 5.80. The second-order valence-electron chi connectivity index (χ2n) is 10.2. The molecule has 0 aliphatic heterocycles. The number of ketones is 1. The summed E-state index contributed by atoms with van der Waals surface area (Å²) in [5.41, 5.74) is 8.18. The Labute approximate surface area is 183 Å². The molecule has 1 nitrogen and oxygen atoms in total. The number of rotatable bonds is 8. The number of carbonyl (C=O) groups excluding carboxylic acids is 1. The van der Waals surface area contributed by atoms with Crippen molar-refractivity contribution >= 4 is 5.78 Å². The first-order valence-electron chi connectivity index (χ1n) is 12.1. The predicted molar refractivity (Wildman–Crippen MR) is 126 cm³/mol. The van der Waals surface area contributed by atoms with Crippen LogP contribution in [0.25, 0.3) is 0 Å². The van der Waals surface area contributed by atoms with Gasteiger partial charge in [-0.15, -0.1) is 0 Å². The maximum Gasteiger partial charge on any atom is 0.134 e. The highest BCUT2D eigenvalue weighted by atomic mass is 16.1. The fourth-order valence-electron chi connectivity index (χ4n) is 5.36. The minimum Gasteiger partial charge on any atom is -0.300 e. The van der Waals surface area contributed by atoms with Gasteiger partial charge in [0, 0.05) is 12.8 Å². The Morgan fingerprint density at radius 3 is 1.40 bits per heavy atom. The van der Waals surface area contributed by atoms with E-state index in [1.54, 1.807) is 0 Å². The molecule has 30 heavy (non-hydrogen) atoms. The van der Waals surface area contributed by atoms with Crippen molar-refractivity contribution in [3.8, 4) is 0 Å². The SMILES string of the molecule is Cc1ccc([C@H](CC(=O)C[C@@H](c2ccc(C)c(C)c2)C2CCC2)C2CCC2)cc1C. The van der Waals surface area contributed by atoms with Crippen LogP contribution >= 0.6 is 0 Å². The molecule has 0 unspecified atom stereocenters. The number of benzene rings is 2. The van der Waals surface area contributed by atoms with Crippen LogP contribution in [0, 0.1) is 39.5 Å². The number of carbonyl (C=O) groups is 1. The van der Waals surface area contributed by atoms with Crippen LogP contribution in [0.1, 0.15) is 96.6 Å². The van der Waals surface area contributed by atoms with Gasteiger partial charge in [-0.1, -0.05) is 49.2 Å². The molecule has 0 heterocycles. The first-order chi connectivity index (χ1) is 14.4. The van der Waals surface area contributed by atoms with Crippen LogP contribution in [0.3, 0.4) is 0 Å². The number of hydrogen-bond donors (Lipinski definition) is 0. The van der Waals surface area contributed by atoms with Crippen molar-refractivity contribution in [2.24, 2.45) is 11.8 Å². The van der Waals surface area contributed by atoms with Crippen molar-refractivity contribution in [3.05, 3.63) is 69.8 Å². The third-order valence-corrected chi connectivity index (χ3v) is 8.25. The van der Waals surface area contributed by atoms with Gasteiger partial charge in [0.05, 0.1) is 0 Å². The van der Waals surface area contributed by atoms with Gasteiger partial charge in [0.25, 0.3) is 0 Å². The molecule has 1 heteroatoms. The number of aryl methyl sites for hydroxylation is 4. The van der Waals surface area contributed by atoms with Gasteiger partial charge in [-0.2, -0.15) is 0 Å². The monoisotopic (exact) mass is 402 g/mol. The Kier molecular flexibility index (Phi) is 6.46. The van der Waals surface area contributed by atoms with E-state index in [1.807, 2.05) is 0 Å². The first kappa shape index (κ1) is 21.3. The molecule has 2 aromatic rings. The zero-order valence-corrected chi connectivity index (χ0v) is 19.3. The van der Waals surface area contributed by atoms with Gasteiger partial charge in [0.2, 0.25) is 0 Å². The van der Waals surface area contributed by atoms with E-state index in [9.17, 15) is 4.79 Å². The topological polar surface area (TPSA) is 17.1 Å². The highest BCUT2D eigenvalue weighted by Gasteiger charge is 2.34. The van der Waals surface area contributed by atoms with Crippen LogP contribution in [-0.2, 0) is 4.79 Å². The molecule has 0 saturated heterocycles. The lowest BCUT2D eigenvalue weighted by atomic mass is 9.68. The summed E-state index contributed by atoms with van der Waals surface area (Å²) in [5, 5.41) is 0. The molecule has 2 aromatic carbocycles. The van der Waals surface area contributed by atoms with Crippen LogP contribution in [0.5, 0.6) is 0 Å². The fraction of sp³-hybridized carbons (Fsp3) is 0.552. The summed E-state index contributed by atoms with van der Waals surface area (Å²) in [4.78, 5) is 13.4. The van der Waals surface area contributed by atoms with Crippen molar-refractivity contribution in [1.29, 1.82) is 0 Å². The molecule has 4 rings (SSSR count). The minimum atomic E-state index is 0.410. The van der Waals surface area contributed by atoms with Crippen molar-refractivity contribution in [3.63, 3.8) is 0 Å². The summed E-state index contributed by atoms with van der Waals surface area (Å²) >= 11 is 0. The Hall–Kier alpha value is -1.89. The van der Waals surface area contributed by atoms with E-state index in [2.05, 4.69) is 64.1 Å². The standard InChI is InChI=1S/C29H38O/c1-19-11-13-25(15-21(19)3)28(23-7-5-8-23)17-27(30)18-29(24-9-6-10-24)26-14-12-20(2)22(4)16-26/h11-16,23-24,28-29H,5-10,17-18H2,1-4H3/t28-,29-/m1/s1. The largest absolute Gasteiger partial charge is 0.300 e. The molecule has 0 aromatic heterocycles. The molecule has 0 bridgehead atoms. The second-order valence-corrected chi connectivity index (χ2v) is 10.2. The van der Waals surface area contributed by atoms with E-state index in [4.69, 9.17) is 0 Å². The van der Waals surface area contributed by atoms with Crippen LogP contribution in [0.15, 0.2) is 36.4 Å². The average Bonchev–Trinajstić information content (AvgIpc) is 2.62. The zero-order chi connectivity index (χ0) is 21.3. The zero-order valence-electron chi connectivity index (χ0n) is 19.3. The predicted octanol–water partition coefficient (Wildman–Crippen LogP) is 7.74. The van der Waals surface area contributed by atoms with Crippen LogP contribution in [0.4, 0.5) is 0 Å². The van der Waals surface area contributed by atoms with Crippen LogP contribution in [-0.4, -0.2) is 5.78 Å². The molecule has 2 fully saturated rings. The molecule has 2 atom stereocenters. The summed E-state index contributed by atoms with van der Waals surface area (Å²) in [6.45, 7) is 8.75. The second kappa shape index (κ2) is 9.08. The average molecular weight is 403 g/mol. The molecule has 0 radical (unpaired) electrons. The molecular formula is C29H38O. The summed E-state index contributed by atoms with van der Waals surface area (Å²) in [5.74, 6) is 2.68. The minimum absolute atomic E-state index is 0.410. The summed E-state index contributed by atoms with van der Waals surface area (Å²) < 4.78 is 0. The molecule has 2 aliphatic rings. The van der Waals surface area contributed by atoms with Crippen molar-refractivity contribution in [1.82, 2.24) is 0 Å². The maximum absolute atomic E-state index is 13.4. The van der Waals surface area contributed by atoms with Gasteiger partial charge in [0.1, 0.15) is 5.78 Å². The van der Waals surface area contributed by atoms with Crippen LogP contribution < -0.4 is 0 Å². The van der Waals surface area contributed by atoms with Gasteiger partial charge in [0.15, 0.2) is 0 Å². The van der Waals surface area contributed by atoms with Gasteiger partial charge in [-0.3, -0.25) is 4.79 Å². The quantitative estimate of drug-likeness (QED) is 0.441. The lowest BCUT2D eigenvalue weighted by Crippen LogP contribution is -2.26. The molecule has 2 saturated carbocycles. The van der Waals surface area contributed by atoms with Gasteiger partial charge >= 0.3 is 0 Å². The highest BCUT2D eigenvalue weighted by Crippen LogP contribution is 2.45. The first-order valence-corrected chi connectivity index (χ1v) is 12.1. The Bertz CT molecular complexity index is 827. The Balaban J connectivity index is 1.52. The summed E-state index contributed by atoms with van der Waals surface area (Å²) in [6, 6.07) is 13.7.